The fourth-order valence-corrected chi connectivity index (χ4v) is 5.06. The van der Waals surface area contributed by atoms with Crippen LogP contribution in [-0.2, 0) is 28.5 Å². The number of esters is 2. The molecule has 0 N–H and O–H groups in total. The van der Waals surface area contributed by atoms with Crippen LogP contribution in [0, 0.1) is 0 Å². The van der Waals surface area contributed by atoms with Crippen LogP contribution in [0.25, 0.3) is 0 Å². The van der Waals surface area contributed by atoms with Crippen molar-refractivity contribution in [3.8, 4) is 0 Å². The molecule has 0 fully saturated rings. The second-order valence-electron chi connectivity index (χ2n) is 10.8. The number of likely N-dealkylation sites (N-methyl/N-ethyl adjacent to an activating group) is 2. The molecule has 260 valence electrons. The van der Waals surface area contributed by atoms with Gasteiger partial charge in [-0.2, -0.15) is 0 Å². The maximum atomic E-state index is 12.7. The van der Waals surface area contributed by atoms with Gasteiger partial charge < -0.3 is 33.6 Å². The van der Waals surface area contributed by atoms with Gasteiger partial charge in [0.1, 0.15) is 13.2 Å². The number of carbonyl (C=O) groups excluding carboxylic acids is 2. The number of carbonyl (C=O) groups is 2. The quantitative estimate of drug-likeness (QED) is 0.0682. The van der Waals surface area contributed by atoms with E-state index in [0.29, 0.717) is 45.9 Å². The van der Waals surface area contributed by atoms with Gasteiger partial charge in [-0.3, -0.25) is 19.6 Å². The van der Waals surface area contributed by atoms with E-state index in [2.05, 4.69) is 52.0 Å². The molecule has 2 aromatic rings. The van der Waals surface area contributed by atoms with Gasteiger partial charge in [-0.15, -0.1) is 0 Å². The van der Waals surface area contributed by atoms with Crippen LogP contribution in [0.1, 0.15) is 53.4 Å². The van der Waals surface area contributed by atoms with Crippen LogP contribution >= 0.6 is 0 Å². The van der Waals surface area contributed by atoms with Crippen LogP contribution in [0.3, 0.4) is 0 Å². The van der Waals surface area contributed by atoms with Crippen LogP contribution < -0.4 is 9.80 Å². The molecule has 0 aromatic heterocycles. The first-order valence-electron chi connectivity index (χ1n) is 16.8. The molecular formula is C36H55N5O6. The highest BCUT2D eigenvalue weighted by molar-refractivity contribution is 5.70. The Bertz CT molecular complexity index is 1090. The standard InChI is InChI=1S/C36H55N5O6/c1-7-40(32-17-13-30(37-5)14-18-32)26-28-46-34(42)21-24-39(23-11-12-36(44-9-3)45-10-4)25-22-35(43)47-29-27-41(8-2)33-19-15-31(38-6)16-20-33/h13-20,36H,5-12,21-29H2,1-4H3. The monoisotopic (exact) mass is 653 g/mol. The molecule has 11 heteroatoms. The van der Waals surface area contributed by atoms with E-state index in [4.69, 9.17) is 18.9 Å². The Morgan fingerprint density at radius 1 is 0.660 bits per heavy atom. The first-order chi connectivity index (χ1) is 22.9. The third kappa shape index (κ3) is 15.6. The molecule has 0 aliphatic heterocycles. The van der Waals surface area contributed by atoms with Crippen molar-refractivity contribution in [2.45, 2.75) is 59.7 Å². The lowest BCUT2D eigenvalue weighted by Gasteiger charge is -2.25. The van der Waals surface area contributed by atoms with Crippen molar-refractivity contribution in [3.63, 3.8) is 0 Å². The summed E-state index contributed by atoms with van der Waals surface area (Å²) in [6, 6.07) is 15.6. The summed E-state index contributed by atoms with van der Waals surface area (Å²) in [5, 5.41) is 0. The van der Waals surface area contributed by atoms with Gasteiger partial charge in [-0.05, 0) is 109 Å². The highest BCUT2D eigenvalue weighted by Crippen LogP contribution is 2.20. The summed E-state index contributed by atoms with van der Waals surface area (Å²) < 4.78 is 22.5. The molecule has 0 bridgehead atoms. The zero-order chi connectivity index (χ0) is 34.3. The Hall–Kier alpha value is -3.80. The van der Waals surface area contributed by atoms with E-state index in [1.807, 2.05) is 62.4 Å². The van der Waals surface area contributed by atoms with Gasteiger partial charge in [0.15, 0.2) is 6.29 Å². The van der Waals surface area contributed by atoms with Crippen molar-refractivity contribution >= 4 is 48.1 Å². The Kier molecular flexibility index (Phi) is 19.7. The lowest BCUT2D eigenvalue weighted by Crippen LogP contribution is -2.33. The van der Waals surface area contributed by atoms with Crippen molar-refractivity contribution in [2.24, 2.45) is 9.98 Å². The van der Waals surface area contributed by atoms with E-state index >= 15 is 0 Å². The summed E-state index contributed by atoms with van der Waals surface area (Å²) in [7, 11) is 0. The van der Waals surface area contributed by atoms with E-state index in [0.717, 1.165) is 48.7 Å². The molecule has 0 atom stereocenters. The van der Waals surface area contributed by atoms with Crippen molar-refractivity contribution in [2.75, 3.05) is 82.0 Å². The molecule has 47 heavy (non-hydrogen) atoms. The second-order valence-corrected chi connectivity index (χ2v) is 10.8. The Morgan fingerprint density at radius 3 is 1.45 bits per heavy atom. The molecule has 0 heterocycles. The second kappa shape index (κ2) is 23.5. The van der Waals surface area contributed by atoms with Crippen LogP contribution in [0.4, 0.5) is 22.7 Å². The molecule has 0 unspecified atom stereocenters. The van der Waals surface area contributed by atoms with Crippen LogP contribution in [0.5, 0.6) is 0 Å². The minimum atomic E-state index is -0.266. The summed E-state index contributed by atoms with van der Waals surface area (Å²) in [6.07, 6.45) is 1.71. The summed E-state index contributed by atoms with van der Waals surface area (Å²) in [5.41, 5.74) is 3.70. The van der Waals surface area contributed by atoms with E-state index < -0.39 is 0 Å². The number of rotatable bonds is 26. The number of aliphatic imine (C=N–C) groups is 2. The van der Waals surface area contributed by atoms with Gasteiger partial charge in [0.2, 0.25) is 0 Å². The largest absolute Gasteiger partial charge is 0.464 e. The maximum Gasteiger partial charge on any atom is 0.307 e. The third-order valence-electron chi connectivity index (χ3n) is 7.69. The van der Waals surface area contributed by atoms with Crippen LogP contribution in [0.15, 0.2) is 58.5 Å². The van der Waals surface area contributed by atoms with Gasteiger partial charge in [0.05, 0.1) is 37.3 Å². The van der Waals surface area contributed by atoms with E-state index in [9.17, 15) is 9.59 Å². The van der Waals surface area contributed by atoms with E-state index in [-0.39, 0.29) is 44.3 Å². The molecular weight excluding hydrogens is 598 g/mol. The number of hydrogen-bond donors (Lipinski definition) is 0. The molecule has 0 aliphatic rings. The van der Waals surface area contributed by atoms with Crippen molar-refractivity contribution in [1.82, 2.24) is 4.90 Å². The molecule has 0 radical (unpaired) electrons. The first-order valence-corrected chi connectivity index (χ1v) is 16.8. The first kappa shape index (κ1) is 39.4. The lowest BCUT2D eigenvalue weighted by atomic mass is 10.2. The summed E-state index contributed by atoms with van der Waals surface area (Å²) in [6.45, 7) is 21.2. The third-order valence-corrected chi connectivity index (χ3v) is 7.69. The van der Waals surface area contributed by atoms with E-state index in [1.54, 1.807) is 0 Å². The van der Waals surface area contributed by atoms with Gasteiger partial charge >= 0.3 is 11.9 Å². The summed E-state index contributed by atoms with van der Waals surface area (Å²) >= 11 is 0. The number of benzene rings is 2. The number of anilines is 2. The Morgan fingerprint density at radius 2 is 1.09 bits per heavy atom. The Balaban J connectivity index is 1.84. The van der Waals surface area contributed by atoms with E-state index in [1.165, 1.54) is 0 Å². The molecule has 2 aromatic carbocycles. The number of ether oxygens (including phenoxy) is 4. The van der Waals surface area contributed by atoms with Crippen molar-refractivity contribution in [3.05, 3.63) is 48.5 Å². The van der Waals surface area contributed by atoms with Crippen LogP contribution in [0.2, 0.25) is 0 Å². The average molecular weight is 654 g/mol. The zero-order valence-corrected chi connectivity index (χ0v) is 28.9. The van der Waals surface area contributed by atoms with Crippen LogP contribution in [-0.4, -0.2) is 109 Å². The summed E-state index contributed by atoms with van der Waals surface area (Å²) in [5.74, 6) is -0.532. The zero-order valence-electron chi connectivity index (χ0n) is 28.9. The minimum absolute atomic E-state index is 0.229. The highest BCUT2D eigenvalue weighted by Gasteiger charge is 2.15. The maximum absolute atomic E-state index is 12.7. The fourth-order valence-electron chi connectivity index (χ4n) is 5.06. The molecule has 0 saturated heterocycles. The molecule has 0 amide bonds. The molecule has 0 spiro atoms. The lowest BCUT2D eigenvalue weighted by molar-refractivity contribution is -0.145. The molecule has 2 rings (SSSR count). The predicted molar refractivity (Wildman–Crippen MR) is 191 cm³/mol. The van der Waals surface area contributed by atoms with Crippen molar-refractivity contribution < 1.29 is 28.5 Å². The van der Waals surface area contributed by atoms with Crippen molar-refractivity contribution in [1.29, 1.82) is 0 Å². The Labute approximate surface area is 281 Å². The number of hydrogen-bond acceptors (Lipinski definition) is 11. The SMILES string of the molecule is C=Nc1ccc(N(CC)CCOC(=O)CCN(CCCC(OCC)OCC)CCC(=O)OCCN(CC)c2ccc(N=C)cc2)cc1. The topological polar surface area (TPSA) is 106 Å². The molecule has 0 aliphatic carbocycles. The molecule has 11 nitrogen and oxygen atoms in total. The van der Waals surface area contributed by atoms with Gasteiger partial charge in [0, 0.05) is 50.8 Å². The minimum Gasteiger partial charge on any atom is -0.464 e. The highest BCUT2D eigenvalue weighted by atomic mass is 16.7. The van der Waals surface area contributed by atoms with Gasteiger partial charge in [-0.25, -0.2) is 0 Å². The van der Waals surface area contributed by atoms with Gasteiger partial charge in [-0.1, -0.05) is 0 Å². The van der Waals surface area contributed by atoms with Gasteiger partial charge in [0.25, 0.3) is 0 Å². The summed E-state index contributed by atoms with van der Waals surface area (Å²) in [4.78, 5) is 39.6. The predicted octanol–water partition coefficient (Wildman–Crippen LogP) is 6.05. The normalized spacial score (nSPS) is 11.0. The smallest absolute Gasteiger partial charge is 0.307 e. The number of nitrogens with zero attached hydrogens (tertiary/aromatic N) is 5. The fraction of sp³-hybridized carbons (Fsp3) is 0.556. The average Bonchev–Trinajstić information content (AvgIpc) is 3.09. The molecule has 0 saturated carbocycles.